The molecule has 0 heterocycles. The second kappa shape index (κ2) is 3.24. The van der Waals surface area contributed by atoms with Gasteiger partial charge in [0.1, 0.15) is 0 Å². The van der Waals surface area contributed by atoms with Crippen LogP contribution in [0.25, 0.3) is 0 Å². The number of rotatable bonds is 2. The van der Waals surface area contributed by atoms with Crippen molar-refractivity contribution in [2.24, 2.45) is 0 Å². The molecule has 0 aromatic rings. The van der Waals surface area contributed by atoms with Crippen LogP contribution in [0.4, 0.5) is 0 Å². The molecule has 0 saturated heterocycles. The van der Waals surface area contributed by atoms with Crippen molar-refractivity contribution in [1.29, 1.82) is 0 Å². The van der Waals surface area contributed by atoms with E-state index in [1.54, 1.807) is 6.92 Å². The maximum absolute atomic E-state index is 9.78. The van der Waals surface area contributed by atoms with Crippen molar-refractivity contribution in [1.82, 2.24) is 0 Å². The first-order valence-electron chi connectivity index (χ1n) is 2.55. The largest absolute Gasteiger partial charge is 0.379 e. The zero-order valence-corrected chi connectivity index (χ0v) is 5.10. The molecule has 45 valence electrons. The van der Waals surface area contributed by atoms with Crippen molar-refractivity contribution < 1.29 is 9.90 Å². The van der Waals surface area contributed by atoms with Gasteiger partial charge in [0.2, 0.25) is 0 Å². The molecule has 0 unspecified atom stereocenters. The zero-order chi connectivity index (χ0) is 6.57. The van der Waals surface area contributed by atoms with Gasteiger partial charge in [-0.25, -0.2) is 9.90 Å². The van der Waals surface area contributed by atoms with Crippen molar-refractivity contribution in [2.75, 3.05) is 0 Å². The van der Waals surface area contributed by atoms with Gasteiger partial charge >= 0.3 is 5.97 Å². The predicted molar refractivity (Wildman–Crippen MR) is 29.7 cm³/mol. The molecule has 0 atom stereocenters. The molecule has 0 aliphatic heterocycles. The highest BCUT2D eigenvalue weighted by molar-refractivity contribution is 5.80. The Morgan fingerprint density at radius 3 is 2.25 bits per heavy atom. The molecule has 2 nitrogen and oxygen atoms in total. The van der Waals surface area contributed by atoms with E-state index in [2.05, 4.69) is 0 Å². The Kier molecular flexibility index (Phi) is 2.92. The second-order valence-electron chi connectivity index (χ2n) is 1.66. The number of hydrogen-bond acceptors (Lipinski definition) is 1. The van der Waals surface area contributed by atoms with Crippen LogP contribution in [0.1, 0.15) is 20.3 Å². The summed E-state index contributed by atoms with van der Waals surface area (Å²) >= 11 is 0. The van der Waals surface area contributed by atoms with E-state index in [1.807, 2.05) is 6.92 Å². The van der Waals surface area contributed by atoms with E-state index in [0.29, 0.717) is 0 Å². The minimum absolute atomic E-state index is 0.772. The van der Waals surface area contributed by atoms with E-state index in [-0.39, 0.29) is 0 Å². The summed E-state index contributed by atoms with van der Waals surface area (Å²) in [6.45, 7) is 3.66. The third-order valence-corrected chi connectivity index (χ3v) is 0.922. The lowest BCUT2D eigenvalue weighted by Crippen LogP contribution is -1.85. The van der Waals surface area contributed by atoms with Crippen LogP contribution < -0.4 is 0 Å². The zero-order valence-electron chi connectivity index (χ0n) is 5.10. The third kappa shape index (κ3) is 3.40. The first kappa shape index (κ1) is 7.21. The number of carbonyl (C=O) groups excluding carboxylic acids is 1. The smallest absolute Gasteiger partial charge is 0.242 e. The molecule has 0 amide bonds. The van der Waals surface area contributed by atoms with Gasteiger partial charge < -0.3 is 0 Å². The van der Waals surface area contributed by atoms with Gasteiger partial charge in [0.05, 0.1) is 0 Å². The van der Waals surface area contributed by atoms with Gasteiger partial charge in [-0.15, -0.1) is 0 Å². The summed E-state index contributed by atoms with van der Waals surface area (Å²) in [6, 6.07) is 0. The van der Waals surface area contributed by atoms with E-state index in [1.165, 1.54) is 0 Å². The number of carbonyl (C=O) groups is 1. The van der Waals surface area contributed by atoms with Crippen LogP contribution >= 0.6 is 0 Å². The molecule has 0 spiro atoms. The van der Waals surface area contributed by atoms with Crippen molar-refractivity contribution in [2.45, 2.75) is 20.3 Å². The highest BCUT2D eigenvalue weighted by Crippen LogP contribution is 1.95. The van der Waals surface area contributed by atoms with Crippen LogP contribution in [0.3, 0.4) is 0 Å². The normalized spacial score (nSPS) is 11.5. The minimum Gasteiger partial charge on any atom is -0.242 e. The summed E-state index contributed by atoms with van der Waals surface area (Å²) in [5.74, 6) is -1.11. The fourth-order valence-electron chi connectivity index (χ4n) is 0.303. The van der Waals surface area contributed by atoms with E-state index >= 15 is 0 Å². The molecule has 0 aliphatic carbocycles. The first-order chi connectivity index (χ1) is 3.66. The third-order valence-electron chi connectivity index (χ3n) is 0.922. The lowest BCUT2D eigenvalue weighted by molar-refractivity contribution is -0.137. The van der Waals surface area contributed by atoms with Gasteiger partial charge in [0, 0.05) is 6.08 Å². The summed E-state index contributed by atoms with van der Waals surface area (Å²) in [5.41, 5.74) is 0.838. The Morgan fingerprint density at radius 2 is 2.12 bits per heavy atom. The average Bonchev–Trinajstić information content (AvgIpc) is 1.65. The molecule has 0 aromatic heterocycles. The maximum Gasteiger partial charge on any atom is 0.379 e. The summed E-state index contributed by atoms with van der Waals surface area (Å²) in [6.07, 6.45) is 1.88. The van der Waals surface area contributed by atoms with E-state index in [9.17, 15) is 9.90 Å². The molecular weight excluding hydrogens is 104 g/mol. The Balaban J connectivity index is 3.75. The molecule has 0 saturated carbocycles. The summed E-state index contributed by atoms with van der Waals surface area (Å²) in [4.78, 5) is 9.78. The molecule has 0 N–H and O–H groups in total. The number of allylic oxidation sites excluding steroid dienone is 1. The minimum atomic E-state index is -1.11. The van der Waals surface area contributed by atoms with Crippen LogP contribution in [-0.4, -0.2) is 5.97 Å². The topological polar surface area (TPSA) is 37.0 Å². The van der Waals surface area contributed by atoms with Crippen molar-refractivity contribution in [3.05, 3.63) is 11.6 Å². The Labute approximate surface area is 48.8 Å². The molecule has 0 bridgehead atoms. The Bertz CT molecular complexity index is 114. The predicted octanol–water partition coefficient (Wildman–Crippen LogP) is 1.30. The molecular formula is C6H9O2. The van der Waals surface area contributed by atoms with Crippen molar-refractivity contribution in [3.8, 4) is 0 Å². The van der Waals surface area contributed by atoms with Gasteiger partial charge in [0.25, 0.3) is 0 Å². The first-order valence-corrected chi connectivity index (χ1v) is 2.55. The van der Waals surface area contributed by atoms with Gasteiger partial charge in [0.15, 0.2) is 0 Å². The average molecular weight is 113 g/mol. The molecule has 1 radical (unpaired) electrons. The van der Waals surface area contributed by atoms with Gasteiger partial charge in [-0.1, -0.05) is 12.5 Å². The summed E-state index contributed by atoms with van der Waals surface area (Å²) in [5, 5.41) is 9.78. The summed E-state index contributed by atoms with van der Waals surface area (Å²) in [7, 11) is 0. The second-order valence-corrected chi connectivity index (χ2v) is 1.66. The van der Waals surface area contributed by atoms with Crippen LogP contribution in [0.15, 0.2) is 11.6 Å². The molecule has 0 aliphatic rings. The molecule has 8 heavy (non-hydrogen) atoms. The van der Waals surface area contributed by atoms with Gasteiger partial charge in [-0.3, -0.25) is 0 Å². The summed E-state index contributed by atoms with van der Waals surface area (Å²) < 4.78 is 0. The van der Waals surface area contributed by atoms with Gasteiger partial charge in [-0.05, 0) is 13.3 Å². The standard InChI is InChI=1S/C6H9O2/c1-3-5(2)4-6(7)8/h4H,3H2,1-2H3. The fourth-order valence-corrected chi connectivity index (χ4v) is 0.303. The van der Waals surface area contributed by atoms with Crippen LogP contribution in [0.5, 0.6) is 0 Å². The highest BCUT2D eigenvalue weighted by Gasteiger charge is 1.91. The SMILES string of the molecule is CCC(C)=CC([O])=O. The van der Waals surface area contributed by atoms with E-state index in [4.69, 9.17) is 0 Å². The lowest BCUT2D eigenvalue weighted by atomic mass is 10.2. The molecule has 0 rings (SSSR count). The quantitative estimate of drug-likeness (QED) is 0.497. The molecule has 2 heteroatoms. The maximum atomic E-state index is 9.78. The van der Waals surface area contributed by atoms with Crippen molar-refractivity contribution in [3.63, 3.8) is 0 Å². The van der Waals surface area contributed by atoms with Crippen LogP contribution in [-0.2, 0) is 9.90 Å². The monoisotopic (exact) mass is 113 g/mol. The van der Waals surface area contributed by atoms with Crippen LogP contribution in [0.2, 0.25) is 0 Å². The Morgan fingerprint density at radius 1 is 1.62 bits per heavy atom. The highest BCUT2D eigenvalue weighted by atomic mass is 16.4. The van der Waals surface area contributed by atoms with Gasteiger partial charge in [-0.2, -0.15) is 0 Å². The molecule has 0 fully saturated rings. The van der Waals surface area contributed by atoms with Crippen molar-refractivity contribution >= 4 is 5.97 Å². The number of hydrogen-bond donors (Lipinski definition) is 0. The van der Waals surface area contributed by atoms with Crippen LogP contribution in [0, 0.1) is 0 Å². The lowest BCUT2D eigenvalue weighted by Gasteiger charge is -1.86. The molecule has 0 aromatic carbocycles. The van der Waals surface area contributed by atoms with E-state index < -0.39 is 5.97 Å². The Hall–Kier alpha value is -0.790. The van der Waals surface area contributed by atoms with E-state index in [0.717, 1.165) is 18.1 Å². The fraction of sp³-hybridized carbons (Fsp3) is 0.500.